The van der Waals surface area contributed by atoms with Crippen molar-refractivity contribution in [2.24, 2.45) is 7.05 Å². The summed E-state index contributed by atoms with van der Waals surface area (Å²) in [6, 6.07) is 9.09. The first-order valence-corrected chi connectivity index (χ1v) is 12.6. The Morgan fingerprint density at radius 1 is 1.19 bits per heavy atom. The van der Waals surface area contributed by atoms with Crippen LogP contribution < -0.4 is 9.47 Å². The molecule has 1 atom stereocenters. The molecule has 2 aromatic heterocycles. The molecule has 0 saturated heterocycles. The van der Waals surface area contributed by atoms with Crippen LogP contribution in [0, 0.1) is 0 Å². The highest BCUT2D eigenvalue weighted by atomic mass is 35.5. The standard InChI is InChI=1S/C26H27Cl2F3N5/c1-33-9-11-35(16-33)15-23-21-13-17-3-4-18(27)14-20(17)19(21)7-8-36(23)12-10-34(2)24-6-5-22(28)25(32-24)26(29,30)31/h3-6,9,11,14,16,23H,7-8,10,12-13,15H2,1-2H3/q+1. The van der Waals surface area contributed by atoms with Crippen LogP contribution in [0.5, 0.6) is 0 Å². The molecule has 3 heterocycles. The van der Waals surface area contributed by atoms with Crippen molar-refractivity contribution in [3.63, 3.8) is 0 Å². The normalized spacial score (nSPS) is 17.9. The molecule has 0 spiro atoms. The van der Waals surface area contributed by atoms with Crippen LogP contribution in [-0.2, 0) is 26.2 Å². The molecule has 10 heteroatoms. The Hall–Kier alpha value is -2.55. The third-order valence-electron chi connectivity index (χ3n) is 7.08. The third-order valence-corrected chi connectivity index (χ3v) is 7.62. The van der Waals surface area contributed by atoms with Gasteiger partial charge in [-0.1, -0.05) is 29.3 Å². The number of aromatic nitrogens is 3. The van der Waals surface area contributed by atoms with Crippen molar-refractivity contribution < 1.29 is 17.7 Å². The third kappa shape index (κ3) is 4.99. The first-order valence-electron chi connectivity index (χ1n) is 11.8. The summed E-state index contributed by atoms with van der Waals surface area (Å²) in [6.07, 6.45) is 3.36. The summed E-state index contributed by atoms with van der Waals surface area (Å²) in [5.74, 6) is 0.250. The van der Waals surface area contributed by atoms with Gasteiger partial charge in [0.05, 0.1) is 18.1 Å². The Balaban J connectivity index is 1.37. The van der Waals surface area contributed by atoms with Crippen molar-refractivity contribution in [3.05, 3.63) is 81.5 Å². The molecule has 190 valence electrons. The molecular formula is C26H27Cl2F3N5+. The summed E-state index contributed by atoms with van der Waals surface area (Å²) in [5, 5.41) is 0.352. The number of pyridine rings is 1. The molecule has 0 N–H and O–H groups in total. The number of imidazole rings is 1. The number of aryl methyl sites for hydroxylation is 1. The van der Waals surface area contributed by atoms with Crippen LogP contribution in [0.3, 0.4) is 0 Å². The van der Waals surface area contributed by atoms with E-state index in [1.807, 2.05) is 23.9 Å². The Labute approximate surface area is 218 Å². The van der Waals surface area contributed by atoms with Crippen LogP contribution in [0.1, 0.15) is 23.2 Å². The summed E-state index contributed by atoms with van der Waals surface area (Å²) in [7, 11) is 3.76. The van der Waals surface area contributed by atoms with Gasteiger partial charge in [0.15, 0.2) is 5.69 Å². The molecule has 0 amide bonds. The molecule has 5 rings (SSSR count). The van der Waals surface area contributed by atoms with Crippen LogP contribution in [0.2, 0.25) is 10.0 Å². The maximum Gasteiger partial charge on any atom is 0.434 e. The molecule has 0 fully saturated rings. The lowest BCUT2D eigenvalue weighted by Gasteiger charge is -2.37. The lowest BCUT2D eigenvalue weighted by Crippen LogP contribution is -2.46. The molecular weight excluding hydrogens is 510 g/mol. The predicted molar refractivity (Wildman–Crippen MR) is 135 cm³/mol. The van der Waals surface area contributed by atoms with Crippen molar-refractivity contribution in [1.29, 1.82) is 0 Å². The van der Waals surface area contributed by atoms with Crippen LogP contribution in [0.15, 0.2) is 54.6 Å². The van der Waals surface area contributed by atoms with E-state index in [1.54, 1.807) is 11.9 Å². The first-order chi connectivity index (χ1) is 17.1. The number of hydrogen-bond acceptors (Lipinski definition) is 3. The predicted octanol–water partition coefficient (Wildman–Crippen LogP) is 5.25. The maximum absolute atomic E-state index is 13.3. The Morgan fingerprint density at radius 3 is 2.72 bits per heavy atom. The number of hydrogen-bond donors (Lipinski definition) is 0. The summed E-state index contributed by atoms with van der Waals surface area (Å²) in [6.45, 7) is 2.87. The molecule has 2 aliphatic rings. The van der Waals surface area contributed by atoms with Crippen molar-refractivity contribution in [3.8, 4) is 0 Å². The molecule has 3 aromatic rings. The second-order valence-electron chi connectivity index (χ2n) is 9.48. The average molecular weight is 537 g/mol. The number of rotatable bonds is 6. The monoisotopic (exact) mass is 536 g/mol. The quantitative estimate of drug-likeness (QED) is 0.402. The van der Waals surface area contributed by atoms with Crippen molar-refractivity contribution in [1.82, 2.24) is 14.5 Å². The Bertz CT molecular complexity index is 1320. The second kappa shape index (κ2) is 9.72. The first kappa shape index (κ1) is 25.1. The highest BCUT2D eigenvalue weighted by molar-refractivity contribution is 6.31. The minimum atomic E-state index is -4.60. The number of nitrogens with zero attached hydrogens (tertiary/aromatic N) is 5. The summed E-state index contributed by atoms with van der Waals surface area (Å²) < 4.78 is 44.1. The van der Waals surface area contributed by atoms with Crippen LogP contribution in [-0.4, -0.2) is 47.2 Å². The van der Waals surface area contributed by atoms with Gasteiger partial charge in [-0.25, -0.2) is 14.1 Å². The highest BCUT2D eigenvalue weighted by Crippen LogP contribution is 2.42. The van der Waals surface area contributed by atoms with Gasteiger partial charge in [-0.05, 0) is 59.4 Å². The number of anilines is 1. The van der Waals surface area contributed by atoms with E-state index in [0.717, 1.165) is 31.0 Å². The minimum absolute atomic E-state index is 0.171. The fourth-order valence-corrected chi connectivity index (χ4v) is 5.64. The SMILES string of the molecule is CN(CCN1CCC2=C(Cc3ccc(Cl)cc32)C1Cn1cc[n+](C)c1)c1ccc(Cl)c(C(F)(F)F)n1. The zero-order valence-corrected chi connectivity index (χ0v) is 21.6. The molecule has 1 unspecified atom stereocenters. The van der Waals surface area contributed by atoms with Gasteiger partial charge in [0, 0.05) is 31.7 Å². The van der Waals surface area contributed by atoms with Gasteiger partial charge in [-0.2, -0.15) is 13.2 Å². The number of benzene rings is 1. The van der Waals surface area contributed by atoms with E-state index in [0.29, 0.717) is 13.1 Å². The zero-order chi connectivity index (χ0) is 25.6. The second-order valence-corrected chi connectivity index (χ2v) is 10.3. The van der Waals surface area contributed by atoms with Gasteiger partial charge < -0.3 is 4.90 Å². The van der Waals surface area contributed by atoms with Gasteiger partial charge in [-0.15, -0.1) is 0 Å². The van der Waals surface area contributed by atoms with Crippen molar-refractivity contribution in [2.75, 3.05) is 31.6 Å². The van der Waals surface area contributed by atoms with Crippen LogP contribution >= 0.6 is 23.2 Å². The summed E-state index contributed by atoms with van der Waals surface area (Å²) in [5.41, 5.74) is 4.29. The molecule has 0 radical (unpaired) electrons. The Kier molecular flexibility index (Phi) is 6.78. The molecule has 36 heavy (non-hydrogen) atoms. The molecule has 1 aliphatic carbocycles. The topological polar surface area (TPSA) is 28.2 Å². The van der Waals surface area contributed by atoms with Gasteiger partial charge in [0.25, 0.3) is 0 Å². The average Bonchev–Trinajstić information content (AvgIpc) is 3.40. The van der Waals surface area contributed by atoms with Crippen molar-refractivity contribution >= 4 is 34.6 Å². The van der Waals surface area contributed by atoms with E-state index in [2.05, 4.69) is 39.1 Å². The number of alkyl halides is 3. The van der Waals surface area contributed by atoms with Gasteiger partial charge in [0.1, 0.15) is 24.8 Å². The van der Waals surface area contributed by atoms with E-state index in [4.69, 9.17) is 23.2 Å². The van der Waals surface area contributed by atoms with E-state index in [9.17, 15) is 13.2 Å². The molecule has 5 nitrogen and oxygen atoms in total. The lowest BCUT2D eigenvalue weighted by molar-refractivity contribution is -0.671. The molecule has 0 saturated carbocycles. The molecule has 0 bridgehead atoms. The minimum Gasteiger partial charge on any atom is -0.358 e. The van der Waals surface area contributed by atoms with Crippen LogP contribution in [0.4, 0.5) is 19.0 Å². The largest absolute Gasteiger partial charge is 0.434 e. The van der Waals surface area contributed by atoms with Gasteiger partial charge in [-0.3, -0.25) is 4.90 Å². The lowest BCUT2D eigenvalue weighted by atomic mass is 9.92. The molecule has 1 aliphatic heterocycles. The molecule has 1 aromatic carbocycles. The van der Waals surface area contributed by atoms with Crippen LogP contribution in [0.25, 0.3) is 5.57 Å². The van der Waals surface area contributed by atoms with E-state index >= 15 is 0 Å². The van der Waals surface area contributed by atoms with Crippen molar-refractivity contribution in [2.45, 2.75) is 31.6 Å². The summed E-state index contributed by atoms with van der Waals surface area (Å²) >= 11 is 12.1. The Morgan fingerprint density at radius 2 is 2.00 bits per heavy atom. The van der Waals surface area contributed by atoms with Gasteiger partial charge >= 0.3 is 6.18 Å². The number of likely N-dealkylation sites (N-methyl/N-ethyl adjacent to an activating group) is 1. The fourth-order valence-electron chi connectivity index (χ4n) is 5.25. The smallest absolute Gasteiger partial charge is 0.358 e. The number of fused-ring (bicyclic) bond motifs is 2. The highest BCUT2D eigenvalue weighted by Gasteiger charge is 2.37. The van der Waals surface area contributed by atoms with E-state index < -0.39 is 16.9 Å². The maximum atomic E-state index is 13.3. The van der Waals surface area contributed by atoms with E-state index in [1.165, 1.54) is 34.4 Å². The fraction of sp³-hybridized carbons (Fsp3) is 0.385. The van der Waals surface area contributed by atoms with E-state index in [-0.39, 0.29) is 11.9 Å². The summed E-state index contributed by atoms with van der Waals surface area (Å²) in [4.78, 5) is 8.00. The zero-order valence-electron chi connectivity index (χ0n) is 20.1. The van der Waals surface area contributed by atoms with Gasteiger partial charge in [0.2, 0.25) is 6.33 Å². The number of halogens is 5.